The lowest BCUT2D eigenvalue weighted by molar-refractivity contribution is -0.302. The second kappa shape index (κ2) is 36.3. The minimum Gasteiger partial charge on any atom is -0.394 e. The third kappa shape index (κ3) is 26.7. The Balaban J connectivity index is 2.33. The van der Waals surface area contributed by atoms with Gasteiger partial charge in [0.05, 0.1) is 25.4 Å². The van der Waals surface area contributed by atoms with Gasteiger partial charge in [0.2, 0.25) is 5.91 Å². The fraction of sp³-hybridized carbons (Fsp3) is 0.933. The molecule has 1 heterocycles. The summed E-state index contributed by atoms with van der Waals surface area (Å²) >= 11 is 0. The van der Waals surface area contributed by atoms with E-state index in [4.69, 9.17) is 9.47 Å². The molecule has 54 heavy (non-hydrogen) atoms. The number of hydrogen-bond acceptors (Lipinski definition) is 8. The van der Waals surface area contributed by atoms with Crippen molar-refractivity contribution >= 4 is 5.91 Å². The number of carbonyl (C=O) groups excluding carboxylic acids is 1. The normalized spacial score (nSPS) is 21.5. The SMILES string of the molecule is CCCCCCCCCCC/C=C\CCCCCCCC(=O)NC(COC1OC(CO)C(O)C(O)C1O)C(O)CCCCCCCCCCCCCCC. The number of rotatable bonds is 38. The summed E-state index contributed by atoms with van der Waals surface area (Å²) in [6.07, 6.45) is 33.6. The fourth-order valence-corrected chi connectivity index (χ4v) is 7.39. The summed E-state index contributed by atoms with van der Waals surface area (Å²) in [6.45, 7) is 3.83. The van der Waals surface area contributed by atoms with Gasteiger partial charge in [0.1, 0.15) is 24.4 Å². The Kier molecular flexibility index (Phi) is 34.2. The van der Waals surface area contributed by atoms with E-state index in [1.54, 1.807) is 0 Å². The first kappa shape index (κ1) is 50.9. The average Bonchev–Trinajstić information content (AvgIpc) is 3.17. The zero-order valence-corrected chi connectivity index (χ0v) is 35.0. The Hall–Kier alpha value is -1.07. The van der Waals surface area contributed by atoms with Crippen molar-refractivity contribution in [2.45, 2.75) is 256 Å². The molecule has 1 aliphatic heterocycles. The van der Waals surface area contributed by atoms with E-state index < -0.39 is 49.5 Å². The highest BCUT2D eigenvalue weighted by Gasteiger charge is 2.44. The Morgan fingerprint density at radius 2 is 1.04 bits per heavy atom. The standard InChI is InChI=1S/C45H87NO8/c1-3-5-7-9-11-13-15-17-18-19-20-21-23-25-27-29-31-33-35-41(49)46-38(37-53-45-44(52)43(51)42(50)40(36-47)54-45)39(48)34-32-30-28-26-24-22-16-14-12-10-8-6-4-2/h20-21,38-40,42-45,47-48,50-52H,3-19,22-37H2,1-2H3,(H,46,49)/b21-20-. The quantitative estimate of drug-likeness (QED) is 0.0269. The van der Waals surface area contributed by atoms with Crippen molar-refractivity contribution in [3.8, 4) is 0 Å². The van der Waals surface area contributed by atoms with Crippen LogP contribution in [-0.4, -0.2) is 87.5 Å². The Labute approximate surface area is 331 Å². The van der Waals surface area contributed by atoms with Gasteiger partial charge in [0.15, 0.2) is 6.29 Å². The summed E-state index contributed by atoms with van der Waals surface area (Å²) in [4.78, 5) is 13.0. The molecule has 0 aromatic carbocycles. The number of unbranched alkanes of at least 4 members (excludes halogenated alkanes) is 26. The summed E-state index contributed by atoms with van der Waals surface area (Å²) in [7, 11) is 0. The molecule has 6 N–H and O–H groups in total. The maximum Gasteiger partial charge on any atom is 0.220 e. The van der Waals surface area contributed by atoms with E-state index in [9.17, 15) is 30.3 Å². The first-order chi connectivity index (χ1) is 26.3. The lowest BCUT2D eigenvalue weighted by Crippen LogP contribution is -2.60. The van der Waals surface area contributed by atoms with Crippen LogP contribution in [0.15, 0.2) is 12.2 Å². The van der Waals surface area contributed by atoms with Crippen molar-refractivity contribution in [2.75, 3.05) is 13.2 Å². The number of carbonyl (C=O) groups is 1. The molecule has 320 valence electrons. The lowest BCUT2D eigenvalue weighted by atomic mass is 9.99. The van der Waals surface area contributed by atoms with Crippen molar-refractivity contribution in [2.24, 2.45) is 0 Å². The molecule has 7 unspecified atom stereocenters. The Morgan fingerprint density at radius 3 is 1.50 bits per heavy atom. The largest absolute Gasteiger partial charge is 0.394 e. The molecule has 0 spiro atoms. The molecule has 7 atom stereocenters. The summed E-state index contributed by atoms with van der Waals surface area (Å²) in [5.74, 6) is -0.152. The van der Waals surface area contributed by atoms with Crippen LogP contribution < -0.4 is 5.32 Å². The van der Waals surface area contributed by atoms with Gasteiger partial charge in [-0.25, -0.2) is 0 Å². The van der Waals surface area contributed by atoms with Gasteiger partial charge in [-0.05, 0) is 38.5 Å². The van der Waals surface area contributed by atoms with Crippen molar-refractivity contribution in [3.63, 3.8) is 0 Å². The predicted molar refractivity (Wildman–Crippen MR) is 221 cm³/mol. The first-order valence-corrected chi connectivity index (χ1v) is 22.9. The van der Waals surface area contributed by atoms with Crippen molar-refractivity contribution < 1.29 is 39.8 Å². The van der Waals surface area contributed by atoms with Crippen LogP contribution in [0.1, 0.15) is 213 Å². The highest BCUT2D eigenvalue weighted by Crippen LogP contribution is 2.23. The van der Waals surface area contributed by atoms with Gasteiger partial charge in [-0.15, -0.1) is 0 Å². The molecule has 9 nitrogen and oxygen atoms in total. The van der Waals surface area contributed by atoms with Gasteiger partial charge >= 0.3 is 0 Å². The smallest absolute Gasteiger partial charge is 0.220 e. The monoisotopic (exact) mass is 770 g/mol. The topological polar surface area (TPSA) is 149 Å². The van der Waals surface area contributed by atoms with Crippen LogP contribution in [0.5, 0.6) is 0 Å². The molecule has 1 aliphatic rings. The third-order valence-corrected chi connectivity index (χ3v) is 11.1. The fourth-order valence-electron chi connectivity index (χ4n) is 7.39. The second-order valence-electron chi connectivity index (χ2n) is 16.2. The Bertz CT molecular complexity index is 858. The average molecular weight is 770 g/mol. The first-order valence-electron chi connectivity index (χ1n) is 22.9. The summed E-state index contributed by atoms with van der Waals surface area (Å²) in [6, 6.07) is -0.718. The van der Waals surface area contributed by atoms with Crippen molar-refractivity contribution in [1.29, 1.82) is 0 Å². The molecule has 0 aromatic heterocycles. The van der Waals surface area contributed by atoms with Gasteiger partial charge < -0.3 is 40.3 Å². The summed E-state index contributed by atoms with van der Waals surface area (Å²) < 4.78 is 11.2. The summed E-state index contributed by atoms with van der Waals surface area (Å²) in [5.41, 5.74) is 0. The lowest BCUT2D eigenvalue weighted by Gasteiger charge is -2.40. The van der Waals surface area contributed by atoms with E-state index in [2.05, 4.69) is 31.3 Å². The number of aliphatic hydroxyl groups excluding tert-OH is 5. The number of aliphatic hydroxyl groups is 5. The predicted octanol–water partition coefficient (Wildman–Crippen LogP) is 9.34. The van der Waals surface area contributed by atoms with Crippen LogP contribution in [0.3, 0.4) is 0 Å². The molecular weight excluding hydrogens is 682 g/mol. The zero-order chi connectivity index (χ0) is 39.5. The zero-order valence-electron chi connectivity index (χ0n) is 35.0. The molecule has 1 rings (SSSR count). The highest BCUT2D eigenvalue weighted by atomic mass is 16.7. The van der Waals surface area contributed by atoms with Gasteiger partial charge in [0.25, 0.3) is 0 Å². The molecule has 1 amide bonds. The molecular formula is C45H87NO8. The Morgan fingerprint density at radius 1 is 0.611 bits per heavy atom. The van der Waals surface area contributed by atoms with Crippen LogP contribution in [0.25, 0.3) is 0 Å². The molecule has 1 saturated heterocycles. The van der Waals surface area contributed by atoms with E-state index in [1.165, 1.54) is 135 Å². The third-order valence-electron chi connectivity index (χ3n) is 11.1. The minimum atomic E-state index is -1.55. The molecule has 0 aromatic rings. The molecule has 0 bridgehead atoms. The van der Waals surface area contributed by atoms with Gasteiger partial charge in [-0.1, -0.05) is 180 Å². The molecule has 0 radical (unpaired) electrons. The summed E-state index contributed by atoms with van der Waals surface area (Å²) in [5, 5.41) is 54.3. The second-order valence-corrected chi connectivity index (χ2v) is 16.2. The van der Waals surface area contributed by atoms with Crippen LogP contribution >= 0.6 is 0 Å². The maximum absolute atomic E-state index is 13.0. The number of ether oxygens (including phenoxy) is 2. The molecule has 9 heteroatoms. The number of amides is 1. The molecule has 1 fully saturated rings. The van der Waals surface area contributed by atoms with Crippen LogP contribution in [0, 0.1) is 0 Å². The minimum absolute atomic E-state index is 0.138. The van der Waals surface area contributed by atoms with Crippen LogP contribution in [0.4, 0.5) is 0 Å². The van der Waals surface area contributed by atoms with Gasteiger partial charge in [-0.3, -0.25) is 4.79 Å². The van der Waals surface area contributed by atoms with E-state index in [-0.39, 0.29) is 12.5 Å². The van der Waals surface area contributed by atoms with Crippen LogP contribution in [-0.2, 0) is 14.3 Å². The molecule has 0 saturated carbocycles. The molecule has 0 aliphatic carbocycles. The van der Waals surface area contributed by atoms with Crippen molar-refractivity contribution in [1.82, 2.24) is 5.32 Å². The maximum atomic E-state index is 13.0. The van der Waals surface area contributed by atoms with E-state index in [1.807, 2.05) is 0 Å². The van der Waals surface area contributed by atoms with Crippen molar-refractivity contribution in [3.05, 3.63) is 12.2 Å². The van der Waals surface area contributed by atoms with Crippen LogP contribution in [0.2, 0.25) is 0 Å². The number of allylic oxidation sites excluding steroid dienone is 2. The van der Waals surface area contributed by atoms with Gasteiger partial charge in [0, 0.05) is 6.42 Å². The highest BCUT2D eigenvalue weighted by molar-refractivity contribution is 5.76. The number of hydrogen-bond donors (Lipinski definition) is 6. The van der Waals surface area contributed by atoms with E-state index in [0.29, 0.717) is 12.8 Å². The number of nitrogens with one attached hydrogen (secondary N) is 1. The van der Waals surface area contributed by atoms with E-state index in [0.717, 1.165) is 51.4 Å². The van der Waals surface area contributed by atoms with Gasteiger partial charge in [-0.2, -0.15) is 0 Å². The van der Waals surface area contributed by atoms with E-state index >= 15 is 0 Å².